The van der Waals surface area contributed by atoms with Gasteiger partial charge in [0.2, 0.25) is 5.88 Å². The number of methoxy groups -OCH3 is 1. The lowest BCUT2D eigenvalue weighted by molar-refractivity contribution is 0.253. The number of nitrogens with one attached hydrogen (secondary N) is 1. The summed E-state index contributed by atoms with van der Waals surface area (Å²) in [7, 11) is 3.31. The van der Waals surface area contributed by atoms with Crippen molar-refractivity contribution in [3.63, 3.8) is 0 Å². The summed E-state index contributed by atoms with van der Waals surface area (Å²) in [5, 5.41) is 13.1. The van der Waals surface area contributed by atoms with Crippen LogP contribution in [0.5, 0.6) is 11.6 Å². The molecule has 0 radical (unpaired) electrons. The summed E-state index contributed by atoms with van der Waals surface area (Å²) in [6, 6.07) is 11.9. The fraction of sp³-hybridized carbons (Fsp3) is 0.211. The third-order valence-electron chi connectivity index (χ3n) is 3.90. The van der Waals surface area contributed by atoms with Gasteiger partial charge in [0.15, 0.2) is 0 Å². The van der Waals surface area contributed by atoms with Gasteiger partial charge in [0, 0.05) is 18.0 Å². The Kier molecular flexibility index (Phi) is 5.00. The molecule has 3 rings (SSSR count). The van der Waals surface area contributed by atoms with E-state index in [4.69, 9.17) is 9.47 Å². The molecule has 0 amide bonds. The van der Waals surface area contributed by atoms with E-state index in [2.05, 4.69) is 10.3 Å². The molecule has 0 aliphatic heterocycles. The Morgan fingerprint density at radius 1 is 1.16 bits per heavy atom. The van der Waals surface area contributed by atoms with Gasteiger partial charge >= 0.3 is 0 Å². The van der Waals surface area contributed by atoms with Gasteiger partial charge in [0.05, 0.1) is 24.9 Å². The molecule has 2 aromatic carbocycles. The molecule has 0 aliphatic carbocycles. The quantitative estimate of drug-likeness (QED) is 0.718. The number of benzene rings is 2. The Labute approximate surface area is 145 Å². The van der Waals surface area contributed by atoms with Crippen LogP contribution in [0, 0.1) is 5.82 Å². The van der Waals surface area contributed by atoms with Gasteiger partial charge in [0.25, 0.3) is 0 Å². The van der Waals surface area contributed by atoms with Crippen LogP contribution in [-0.4, -0.2) is 24.2 Å². The molecule has 0 fully saturated rings. The van der Waals surface area contributed by atoms with Crippen molar-refractivity contribution in [2.45, 2.75) is 13.2 Å². The normalized spacial score (nSPS) is 10.7. The summed E-state index contributed by atoms with van der Waals surface area (Å²) >= 11 is 0. The van der Waals surface area contributed by atoms with E-state index in [1.165, 1.54) is 12.1 Å². The van der Waals surface area contributed by atoms with Crippen LogP contribution in [-0.2, 0) is 13.2 Å². The second kappa shape index (κ2) is 7.36. The maximum atomic E-state index is 13.7. The first kappa shape index (κ1) is 17.0. The highest BCUT2D eigenvalue weighted by Gasteiger charge is 2.12. The van der Waals surface area contributed by atoms with E-state index in [1.54, 1.807) is 20.2 Å². The van der Waals surface area contributed by atoms with E-state index >= 15 is 0 Å². The van der Waals surface area contributed by atoms with Gasteiger partial charge in [-0.1, -0.05) is 12.1 Å². The van der Waals surface area contributed by atoms with Crippen LogP contribution in [0.1, 0.15) is 11.1 Å². The molecule has 2 N–H and O–H groups in total. The van der Waals surface area contributed by atoms with E-state index in [0.29, 0.717) is 34.6 Å². The zero-order valence-electron chi connectivity index (χ0n) is 14.0. The average molecular weight is 342 g/mol. The van der Waals surface area contributed by atoms with Crippen LogP contribution < -0.4 is 14.8 Å². The van der Waals surface area contributed by atoms with E-state index in [1.807, 2.05) is 24.3 Å². The molecule has 0 saturated heterocycles. The zero-order chi connectivity index (χ0) is 17.8. The summed E-state index contributed by atoms with van der Waals surface area (Å²) in [5.41, 5.74) is 2.60. The molecule has 130 valence electrons. The Hall–Kier alpha value is -2.86. The first-order valence-corrected chi connectivity index (χ1v) is 7.82. The standard InChI is InChI=1S/C19H19FN2O3/c1-21-17-9-15(20)8-13-7-14(10-23)19(22-18(13)17)25-11-12-3-5-16(24-2)6-4-12/h3-9,21,23H,10-11H2,1-2H3. The highest BCUT2D eigenvalue weighted by atomic mass is 19.1. The van der Waals surface area contributed by atoms with Crippen LogP contribution >= 0.6 is 0 Å². The Bertz CT molecular complexity index is 882. The number of hydrogen-bond acceptors (Lipinski definition) is 5. The number of rotatable bonds is 6. The molecule has 0 saturated carbocycles. The molecule has 6 heteroatoms. The summed E-state index contributed by atoms with van der Waals surface area (Å²) in [6.07, 6.45) is 0. The van der Waals surface area contributed by atoms with Crippen LogP contribution in [0.15, 0.2) is 42.5 Å². The minimum Gasteiger partial charge on any atom is -0.497 e. The van der Waals surface area contributed by atoms with Crippen molar-refractivity contribution in [3.8, 4) is 11.6 Å². The molecule has 5 nitrogen and oxygen atoms in total. The van der Waals surface area contributed by atoms with Crippen molar-refractivity contribution in [2.24, 2.45) is 0 Å². The summed E-state index contributed by atoms with van der Waals surface area (Å²) in [6.45, 7) is 0.0534. The third-order valence-corrected chi connectivity index (χ3v) is 3.90. The first-order chi connectivity index (χ1) is 12.1. The number of pyridine rings is 1. The molecule has 3 aromatic rings. The van der Waals surface area contributed by atoms with Crippen LogP contribution in [0.3, 0.4) is 0 Å². The van der Waals surface area contributed by atoms with Gasteiger partial charge in [-0.2, -0.15) is 0 Å². The van der Waals surface area contributed by atoms with Crippen LogP contribution in [0.25, 0.3) is 10.9 Å². The smallest absolute Gasteiger partial charge is 0.219 e. The second-order valence-corrected chi connectivity index (χ2v) is 5.52. The predicted octanol–water partition coefficient (Wildman–Crippen LogP) is 3.50. The topological polar surface area (TPSA) is 63.6 Å². The third kappa shape index (κ3) is 3.64. The molecule has 0 atom stereocenters. The van der Waals surface area contributed by atoms with Crippen molar-refractivity contribution < 1.29 is 19.0 Å². The van der Waals surface area contributed by atoms with Crippen molar-refractivity contribution in [1.29, 1.82) is 0 Å². The molecule has 0 bridgehead atoms. The number of fused-ring (bicyclic) bond motifs is 1. The number of nitrogens with zero attached hydrogens (tertiary/aromatic N) is 1. The SMILES string of the molecule is CNc1cc(F)cc2cc(CO)c(OCc3ccc(OC)cc3)nc12. The summed E-state index contributed by atoms with van der Waals surface area (Å²) in [4.78, 5) is 4.47. The lowest BCUT2D eigenvalue weighted by Gasteiger charge is -2.13. The predicted molar refractivity (Wildman–Crippen MR) is 94.5 cm³/mol. The van der Waals surface area contributed by atoms with Gasteiger partial charge in [-0.3, -0.25) is 0 Å². The van der Waals surface area contributed by atoms with Crippen molar-refractivity contribution in [1.82, 2.24) is 4.98 Å². The minimum atomic E-state index is -0.366. The lowest BCUT2D eigenvalue weighted by atomic mass is 10.1. The van der Waals surface area contributed by atoms with Gasteiger partial charge in [0.1, 0.15) is 18.2 Å². The average Bonchev–Trinajstić information content (AvgIpc) is 2.65. The van der Waals surface area contributed by atoms with E-state index in [9.17, 15) is 9.50 Å². The molecule has 1 heterocycles. The van der Waals surface area contributed by atoms with Crippen LogP contribution in [0.2, 0.25) is 0 Å². The maximum Gasteiger partial charge on any atom is 0.219 e. The number of anilines is 1. The highest BCUT2D eigenvalue weighted by Crippen LogP contribution is 2.29. The number of ether oxygens (including phenoxy) is 2. The first-order valence-electron chi connectivity index (χ1n) is 7.82. The monoisotopic (exact) mass is 342 g/mol. The van der Waals surface area contributed by atoms with Gasteiger partial charge < -0.3 is 19.9 Å². The van der Waals surface area contributed by atoms with Crippen LogP contribution in [0.4, 0.5) is 10.1 Å². The molecular formula is C19H19FN2O3. The molecule has 0 aliphatic rings. The number of aromatic nitrogens is 1. The molecule has 1 aromatic heterocycles. The Balaban J connectivity index is 1.92. The lowest BCUT2D eigenvalue weighted by Crippen LogP contribution is -2.03. The van der Waals surface area contributed by atoms with Gasteiger partial charge in [-0.15, -0.1) is 0 Å². The number of hydrogen-bond donors (Lipinski definition) is 2. The van der Waals surface area contributed by atoms with E-state index in [0.717, 1.165) is 11.3 Å². The number of halogens is 1. The molecule has 25 heavy (non-hydrogen) atoms. The second-order valence-electron chi connectivity index (χ2n) is 5.52. The zero-order valence-corrected chi connectivity index (χ0v) is 14.0. The largest absolute Gasteiger partial charge is 0.497 e. The number of aliphatic hydroxyl groups is 1. The summed E-state index contributed by atoms with van der Waals surface area (Å²) in [5.74, 6) is 0.729. The van der Waals surface area contributed by atoms with Crippen molar-refractivity contribution in [3.05, 3.63) is 59.4 Å². The van der Waals surface area contributed by atoms with Gasteiger partial charge in [-0.05, 0) is 35.9 Å². The molecule has 0 spiro atoms. The Morgan fingerprint density at radius 2 is 1.92 bits per heavy atom. The van der Waals surface area contributed by atoms with Crippen molar-refractivity contribution in [2.75, 3.05) is 19.5 Å². The minimum absolute atomic E-state index is 0.244. The van der Waals surface area contributed by atoms with E-state index in [-0.39, 0.29) is 12.4 Å². The van der Waals surface area contributed by atoms with Gasteiger partial charge in [-0.25, -0.2) is 9.37 Å². The van der Waals surface area contributed by atoms with E-state index < -0.39 is 0 Å². The highest BCUT2D eigenvalue weighted by molar-refractivity contribution is 5.91. The summed E-state index contributed by atoms with van der Waals surface area (Å²) < 4.78 is 24.6. The maximum absolute atomic E-state index is 13.7. The fourth-order valence-electron chi connectivity index (χ4n) is 2.58. The fourth-order valence-corrected chi connectivity index (χ4v) is 2.58. The number of aliphatic hydroxyl groups excluding tert-OH is 1. The van der Waals surface area contributed by atoms with Crippen molar-refractivity contribution >= 4 is 16.6 Å². The Morgan fingerprint density at radius 3 is 2.56 bits per heavy atom. The molecule has 0 unspecified atom stereocenters. The molecular weight excluding hydrogens is 323 g/mol.